The van der Waals surface area contributed by atoms with E-state index in [1.165, 1.54) is 12.1 Å². The Morgan fingerprint density at radius 3 is 2.61 bits per heavy atom. The number of benzene rings is 2. The number of nitrogens with zero attached hydrogens (tertiary/aromatic N) is 2. The summed E-state index contributed by atoms with van der Waals surface area (Å²) in [6.07, 6.45) is 0.169. The molecule has 0 saturated heterocycles. The normalized spacial score (nSPS) is 19.2. The minimum atomic E-state index is -0.442. The van der Waals surface area contributed by atoms with Gasteiger partial charge in [-0.2, -0.15) is 0 Å². The second kappa shape index (κ2) is 4.95. The lowest BCUT2D eigenvalue weighted by atomic mass is 10.1. The summed E-state index contributed by atoms with van der Waals surface area (Å²) in [6, 6.07) is 11.2. The van der Waals surface area contributed by atoms with E-state index in [2.05, 4.69) is 15.5 Å². The van der Waals surface area contributed by atoms with Crippen LogP contribution < -0.4 is 5.32 Å². The molecule has 1 N–H and O–H groups in total. The molecule has 0 atom stereocenters. The second-order valence-electron chi connectivity index (χ2n) is 5.30. The van der Waals surface area contributed by atoms with Crippen LogP contribution in [0.3, 0.4) is 0 Å². The zero-order chi connectivity index (χ0) is 16.0. The molecule has 0 radical (unpaired) electrons. The van der Waals surface area contributed by atoms with Crippen LogP contribution in [0, 0.1) is 5.82 Å². The number of ketones is 1. The summed E-state index contributed by atoms with van der Waals surface area (Å²) in [4.78, 5) is 24.0. The highest BCUT2D eigenvalue weighted by atomic mass is 19.1. The van der Waals surface area contributed by atoms with Crippen molar-refractivity contribution in [3.05, 3.63) is 65.0 Å². The molecule has 4 rings (SSSR count). The summed E-state index contributed by atoms with van der Waals surface area (Å²) in [6.45, 7) is 0. The molecule has 2 aromatic rings. The van der Waals surface area contributed by atoms with Crippen LogP contribution in [0.5, 0.6) is 0 Å². The highest BCUT2D eigenvalue weighted by molar-refractivity contribution is 6.54. The molecule has 0 fully saturated rings. The fourth-order valence-corrected chi connectivity index (χ4v) is 2.74. The van der Waals surface area contributed by atoms with Crippen molar-refractivity contribution >= 4 is 28.8 Å². The van der Waals surface area contributed by atoms with Gasteiger partial charge < -0.3 is 5.32 Å². The fourth-order valence-electron chi connectivity index (χ4n) is 2.74. The SMILES string of the molecule is O=C1Cc2ccc(F)cc2/C1=N/N=C1\C(=O)Nc2ccccc21. The van der Waals surface area contributed by atoms with Gasteiger partial charge in [0.25, 0.3) is 5.91 Å². The van der Waals surface area contributed by atoms with Crippen molar-refractivity contribution in [2.45, 2.75) is 6.42 Å². The topological polar surface area (TPSA) is 70.9 Å². The summed E-state index contributed by atoms with van der Waals surface area (Å²) in [7, 11) is 0. The average molecular weight is 307 g/mol. The van der Waals surface area contributed by atoms with E-state index >= 15 is 0 Å². The van der Waals surface area contributed by atoms with Crippen molar-refractivity contribution in [1.82, 2.24) is 0 Å². The number of amides is 1. The summed E-state index contributed by atoms with van der Waals surface area (Å²) in [5, 5.41) is 10.6. The lowest BCUT2D eigenvalue weighted by molar-refractivity contribution is -0.112. The first-order chi connectivity index (χ1) is 11.1. The van der Waals surface area contributed by atoms with Crippen LogP contribution >= 0.6 is 0 Å². The van der Waals surface area contributed by atoms with Gasteiger partial charge in [0, 0.05) is 17.5 Å². The highest BCUT2D eigenvalue weighted by Gasteiger charge is 2.28. The Labute approximate surface area is 130 Å². The Balaban J connectivity index is 1.79. The Morgan fingerprint density at radius 1 is 0.957 bits per heavy atom. The molecule has 1 heterocycles. The number of nitrogens with one attached hydrogen (secondary N) is 1. The van der Waals surface area contributed by atoms with Crippen LogP contribution in [0.15, 0.2) is 52.7 Å². The number of carbonyl (C=O) groups excluding carboxylic acids is 2. The van der Waals surface area contributed by atoms with E-state index in [9.17, 15) is 14.0 Å². The van der Waals surface area contributed by atoms with E-state index in [-0.39, 0.29) is 29.5 Å². The smallest absolute Gasteiger partial charge is 0.276 e. The minimum absolute atomic E-state index is 0.0872. The van der Waals surface area contributed by atoms with E-state index in [0.717, 1.165) is 0 Å². The maximum absolute atomic E-state index is 13.4. The number of hydrogen-bond acceptors (Lipinski definition) is 4. The van der Waals surface area contributed by atoms with Gasteiger partial charge in [-0.25, -0.2) is 4.39 Å². The second-order valence-corrected chi connectivity index (χ2v) is 5.30. The largest absolute Gasteiger partial charge is 0.320 e. The molecule has 2 aromatic carbocycles. The molecular formula is C17H10FN3O2. The molecule has 0 spiro atoms. The number of Topliss-reactive ketones (excluding diaryl/α,β-unsaturated/α-hetero) is 1. The predicted molar refractivity (Wildman–Crippen MR) is 83.3 cm³/mol. The van der Waals surface area contributed by atoms with Gasteiger partial charge in [0.1, 0.15) is 11.5 Å². The molecule has 112 valence electrons. The predicted octanol–water partition coefficient (Wildman–Crippen LogP) is 2.10. The van der Waals surface area contributed by atoms with Gasteiger partial charge in [-0.1, -0.05) is 24.3 Å². The third kappa shape index (κ3) is 2.15. The summed E-state index contributed by atoms with van der Waals surface area (Å²) >= 11 is 0. The van der Waals surface area contributed by atoms with Crippen LogP contribution in [-0.2, 0) is 16.0 Å². The number of hydrogen-bond donors (Lipinski definition) is 1. The Bertz CT molecular complexity index is 931. The lowest BCUT2D eigenvalue weighted by Gasteiger charge is -1.98. The van der Waals surface area contributed by atoms with E-state index < -0.39 is 5.82 Å². The van der Waals surface area contributed by atoms with Crippen LogP contribution in [0.1, 0.15) is 16.7 Å². The maximum Gasteiger partial charge on any atom is 0.276 e. The monoisotopic (exact) mass is 307 g/mol. The first kappa shape index (κ1) is 13.5. The van der Waals surface area contributed by atoms with Crippen molar-refractivity contribution in [2.24, 2.45) is 10.2 Å². The molecule has 0 unspecified atom stereocenters. The third-order valence-electron chi connectivity index (χ3n) is 3.84. The van der Waals surface area contributed by atoms with E-state index in [4.69, 9.17) is 0 Å². The van der Waals surface area contributed by atoms with Crippen LogP contribution in [0.2, 0.25) is 0 Å². The van der Waals surface area contributed by atoms with Gasteiger partial charge in [-0.05, 0) is 23.8 Å². The van der Waals surface area contributed by atoms with Crippen LogP contribution in [0.25, 0.3) is 0 Å². The van der Waals surface area contributed by atoms with Crippen molar-refractivity contribution in [3.63, 3.8) is 0 Å². The highest BCUT2D eigenvalue weighted by Crippen LogP contribution is 2.24. The molecule has 1 aliphatic heterocycles. The quantitative estimate of drug-likeness (QED) is 0.820. The molecular weight excluding hydrogens is 297 g/mol. The van der Waals surface area contributed by atoms with Crippen molar-refractivity contribution in [2.75, 3.05) is 5.32 Å². The molecule has 23 heavy (non-hydrogen) atoms. The van der Waals surface area contributed by atoms with E-state index in [1.807, 2.05) is 0 Å². The van der Waals surface area contributed by atoms with Crippen molar-refractivity contribution in [3.8, 4) is 0 Å². The molecule has 6 heteroatoms. The zero-order valence-corrected chi connectivity index (χ0v) is 11.8. The fraction of sp³-hybridized carbons (Fsp3) is 0.0588. The third-order valence-corrected chi connectivity index (χ3v) is 3.84. The van der Waals surface area contributed by atoms with Gasteiger partial charge in [0.05, 0.1) is 5.69 Å². The Hall–Kier alpha value is -3.15. The maximum atomic E-state index is 13.4. The number of fused-ring (bicyclic) bond motifs is 2. The summed E-state index contributed by atoms with van der Waals surface area (Å²) in [5.41, 5.74) is 2.67. The molecule has 2 aliphatic rings. The standard InChI is InChI=1S/C17H10FN3O2/c18-10-6-5-9-7-14(22)15(12(9)8-10)20-21-16-11-3-1-2-4-13(11)19-17(16)23/h1-6,8H,7H2,(H,19,21,23)/b20-15-. The molecule has 0 aromatic heterocycles. The molecule has 1 amide bonds. The van der Waals surface area contributed by atoms with E-state index in [0.29, 0.717) is 22.4 Å². The minimum Gasteiger partial charge on any atom is -0.320 e. The molecule has 0 saturated carbocycles. The van der Waals surface area contributed by atoms with Crippen molar-refractivity contribution < 1.29 is 14.0 Å². The number of halogens is 1. The average Bonchev–Trinajstić information content (AvgIpc) is 3.01. The van der Waals surface area contributed by atoms with Crippen LogP contribution in [-0.4, -0.2) is 23.1 Å². The van der Waals surface area contributed by atoms with E-state index in [1.54, 1.807) is 30.3 Å². The molecule has 5 nitrogen and oxygen atoms in total. The number of carbonyl (C=O) groups is 2. The lowest BCUT2D eigenvalue weighted by Crippen LogP contribution is -2.15. The van der Waals surface area contributed by atoms with Gasteiger partial charge in [-0.15, -0.1) is 10.2 Å². The Kier molecular flexibility index (Phi) is 2.90. The van der Waals surface area contributed by atoms with Crippen LogP contribution in [0.4, 0.5) is 10.1 Å². The zero-order valence-electron chi connectivity index (χ0n) is 11.8. The number of para-hydroxylation sites is 1. The van der Waals surface area contributed by atoms with Gasteiger partial charge in [0.2, 0.25) is 0 Å². The van der Waals surface area contributed by atoms with Gasteiger partial charge in [0.15, 0.2) is 11.5 Å². The summed E-state index contributed by atoms with van der Waals surface area (Å²) < 4.78 is 13.4. The Morgan fingerprint density at radius 2 is 1.74 bits per heavy atom. The molecule has 0 bridgehead atoms. The van der Waals surface area contributed by atoms with Gasteiger partial charge >= 0.3 is 0 Å². The number of rotatable bonds is 1. The molecule has 1 aliphatic carbocycles. The first-order valence-electron chi connectivity index (χ1n) is 7.02. The first-order valence-corrected chi connectivity index (χ1v) is 7.02. The van der Waals surface area contributed by atoms with Gasteiger partial charge in [-0.3, -0.25) is 9.59 Å². The van der Waals surface area contributed by atoms with Crippen molar-refractivity contribution in [1.29, 1.82) is 0 Å². The number of anilines is 1. The summed E-state index contributed by atoms with van der Waals surface area (Å²) in [5.74, 6) is -1.05.